The number of aromatic nitrogens is 2. The number of aryl methyl sites for hydroxylation is 1. The highest BCUT2D eigenvalue weighted by Gasteiger charge is 2.09. The maximum Gasteiger partial charge on any atom is 0.331 e. The summed E-state index contributed by atoms with van der Waals surface area (Å²) in [5.41, 5.74) is 1.89. The average Bonchev–Trinajstić information content (AvgIpc) is 2.39. The molecule has 0 aliphatic heterocycles. The molecule has 0 amide bonds. The van der Waals surface area contributed by atoms with Gasteiger partial charge in [0.1, 0.15) is 0 Å². The first kappa shape index (κ1) is 13.6. The Labute approximate surface area is 115 Å². The van der Waals surface area contributed by atoms with E-state index >= 15 is 0 Å². The average molecular weight is 279 g/mol. The smallest absolute Gasteiger partial charge is 0.296 e. The lowest BCUT2D eigenvalue weighted by molar-refractivity contribution is 0.628. The van der Waals surface area contributed by atoms with Gasteiger partial charge in [-0.15, -0.1) is 11.6 Å². The molecule has 0 aliphatic rings. The van der Waals surface area contributed by atoms with Crippen LogP contribution in [0.1, 0.15) is 5.56 Å². The van der Waals surface area contributed by atoms with Gasteiger partial charge in [-0.2, -0.15) is 0 Å². The van der Waals surface area contributed by atoms with E-state index in [0.29, 0.717) is 5.69 Å². The molecule has 0 spiro atoms. The lowest BCUT2D eigenvalue weighted by atomic mass is 10.1. The van der Waals surface area contributed by atoms with Crippen LogP contribution < -0.4 is 11.2 Å². The monoisotopic (exact) mass is 278 g/mol. The minimum atomic E-state index is -0.343. The molecule has 0 bridgehead atoms. The predicted octanol–water partition coefficient (Wildman–Crippen LogP) is 1.76. The van der Waals surface area contributed by atoms with E-state index < -0.39 is 0 Å². The van der Waals surface area contributed by atoms with Crippen LogP contribution in [0.15, 0.2) is 39.9 Å². The number of alkyl halides is 1. The van der Waals surface area contributed by atoms with Gasteiger partial charge in [-0.1, -0.05) is 23.8 Å². The summed E-state index contributed by atoms with van der Waals surface area (Å²) in [4.78, 5) is 24.1. The predicted molar refractivity (Wildman–Crippen MR) is 76.8 cm³/mol. The number of hydrogen-bond donors (Lipinski definition) is 0. The van der Waals surface area contributed by atoms with Crippen LogP contribution in [0, 0.1) is 6.92 Å². The molecule has 2 rings (SSSR count). The molecule has 4 nitrogen and oxygen atoms in total. The molecule has 1 aromatic carbocycles. The van der Waals surface area contributed by atoms with Crippen molar-refractivity contribution in [2.75, 3.05) is 5.88 Å². The van der Waals surface area contributed by atoms with Gasteiger partial charge in [-0.3, -0.25) is 13.9 Å². The Kier molecular flexibility index (Phi) is 3.90. The molecule has 2 aromatic rings. The van der Waals surface area contributed by atoms with Crippen LogP contribution in [0.4, 0.5) is 0 Å². The van der Waals surface area contributed by atoms with E-state index in [1.165, 1.54) is 10.6 Å². The van der Waals surface area contributed by atoms with E-state index in [1.807, 2.05) is 31.2 Å². The van der Waals surface area contributed by atoms with Crippen molar-refractivity contribution in [3.8, 4) is 11.3 Å². The second kappa shape index (κ2) is 5.45. The molecular formula is C14H15ClN2O2. The van der Waals surface area contributed by atoms with E-state index in [1.54, 1.807) is 7.05 Å². The molecule has 0 saturated heterocycles. The molecule has 0 N–H and O–H groups in total. The largest absolute Gasteiger partial charge is 0.331 e. The van der Waals surface area contributed by atoms with Gasteiger partial charge >= 0.3 is 5.69 Å². The first-order chi connectivity index (χ1) is 9.04. The first-order valence-corrected chi connectivity index (χ1v) is 6.52. The van der Waals surface area contributed by atoms with Crippen LogP contribution in [0.25, 0.3) is 11.3 Å². The molecule has 1 heterocycles. The van der Waals surface area contributed by atoms with E-state index in [9.17, 15) is 9.59 Å². The van der Waals surface area contributed by atoms with Crippen molar-refractivity contribution in [1.82, 2.24) is 9.13 Å². The molecule has 0 unspecified atom stereocenters. The van der Waals surface area contributed by atoms with Crippen molar-refractivity contribution in [3.05, 3.63) is 56.7 Å². The Hall–Kier alpha value is -1.81. The summed E-state index contributed by atoms with van der Waals surface area (Å²) < 4.78 is 2.62. The normalized spacial score (nSPS) is 10.7. The van der Waals surface area contributed by atoms with Crippen LogP contribution >= 0.6 is 11.6 Å². The minimum absolute atomic E-state index is 0.223. The summed E-state index contributed by atoms with van der Waals surface area (Å²) in [6.45, 7) is 2.19. The van der Waals surface area contributed by atoms with Gasteiger partial charge in [0.25, 0.3) is 5.56 Å². The zero-order valence-electron chi connectivity index (χ0n) is 10.9. The summed E-state index contributed by atoms with van der Waals surface area (Å²) in [5, 5.41) is 0. The highest BCUT2D eigenvalue weighted by Crippen LogP contribution is 2.16. The fourth-order valence-corrected chi connectivity index (χ4v) is 2.21. The van der Waals surface area contributed by atoms with Gasteiger partial charge in [0.15, 0.2) is 0 Å². The van der Waals surface area contributed by atoms with Gasteiger partial charge in [0, 0.05) is 25.5 Å². The maximum atomic E-state index is 12.1. The zero-order valence-corrected chi connectivity index (χ0v) is 11.6. The van der Waals surface area contributed by atoms with Crippen molar-refractivity contribution in [2.45, 2.75) is 13.5 Å². The number of halogens is 1. The van der Waals surface area contributed by atoms with Crippen molar-refractivity contribution < 1.29 is 0 Å². The van der Waals surface area contributed by atoms with E-state index in [0.717, 1.165) is 15.7 Å². The highest BCUT2D eigenvalue weighted by molar-refractivity contribution is 6.17. The van der Waals surface area contributed by atoms with Crippen molar-refractivity contribution >= 4 is 11.6 Å². The molecular weight excluding hydrogens is 264 g/mol. The van der Waals surface area contributed by atoms with E-state index in [-0.39, 0.29) is 23.7 Å². The van der Waals surface area contributed by atoms with Crippen LogP contribution in [0.5, 0.6) is 0 Å². The van der Waals surface area contributed by atoms with Crippen LogP contribution in [-0.4, -0.2) is 15.0 Å². The molecule has 1 aromatic heterocycles. The number of nitrogens with zero attached hydrogens (tertiary/aromatic N) is 2. The molecule has 0 atom stereocenters. The SMILES string of the molecule is Cc1cccc(-c2cc(=O)n(CCCl)c(=O)n2C)c1. The Bertz CT molecular complexity index is 716. The van der Waals surface area contributed by atoms with E-state index in [2.05, 4.69) is 0 Å². The molecule has 19 heavy (non-hydrogen) atoms. The topological polar surface area (TPSA) is 44.0 Å². The highest BCUT2D eigenvalue weighted by atomic mass is 35.5. The Morgan fingerprint density at radius 1 is 1.21 bits per heavy atom. The van der Waals surface area contributed by atoms with Gasteiger partial charge in [-0.05, 0) is 18.6 Å². The van der Waals surface area contributed by atoms with Crippen LogP contribution in [0.3, 0.4) is 0 Å². The molecule has 0 aliphatic carbocycles. The third-order valence-electron chi connectivity index (χ3n) is 3.03. The summed E-state index contributed by atoms with van der Waals surface area (Å²) >= 11 is 5.60. The third kappa shape index (κ3) is 2.63. The van der Waals surface area contributed by atoms with Gasteiger partial charge in [-0.25, -0.2) is 4.79 Å². The fourth-order valence-electron chi connectivity index (χ4n) is 2.04. The van der Waals surface area contributed by atoms with Gasteiger partial charge < -0.3 is 0 Å². The summed E-state index contributed by atoms with van der Waals surface area (Å²) in [6, 6.07) is 9.17. The Morgan fingerprint density at radius 3 is 2.58 bits per heavy atom. The second-order valence-corrected chi connectivity index (χ2v) is 4.80. The molecule has 0 saturated carbocycles. The first-order valence-electron chi connectivity index (χ1n) is 5.98. The standard InChI is InChI=1S/C14H15ClN2O2/c1-10-4-3-5-11(8-10)12-9-13(18)17(7-6-15)14(19)16(12)2/h3-5,8-9H,6-7H2,1-2H3. The van der Waals surface area contributed by atoms with Crippen molar-refractivity contribution in [1.29, 1.82) is 0 Å². The lowest BCUT2D eigenvalue weighted by Gasteiger charge is -2.11. The summed E-state index contributed by atoms with van der Waals surface area (Å²) in [7, 11) is 1.66. The lowest BCUT2D eigenvalue weighted by Crippen LogP contribution is -2.39. The van der Waals surface area contributed by atoms with Gasteiger partial charge in [0.05, 0.1) is 5.69 Å². The molecule has 0 fully saturated rings. The quantitative estimate of drug-likeness (QED) is 0.803. The van der Waals surface area contributed by atoms with Crippen molar-refractivity contribution in [2.24, 2.45) is 7.05 Å². The second-order valence-electron chi connectivity index (χ2n) is 4.42. The number of benzene rings is 1. The summed E-state index contributed by atoms with van der Waals surface area (Å²) in [6.07, 6.45) is 0. The zero-order chi connectivity index (χ0) is 14.0. The van der Waals surface area contributed by atoms with E-state index in [4.69, 9.17) is 11.6 Å². The van der Waals surface area contributed by atoms with Crippen molar-refractivity contribution in [3.63, 3.8) is 0 Å². The number of rotatable bonds is 3. The molecule has 0 radical (unpaired) electrons. The van der Waals surface area contributed by atoms with Crippen LogP contribution in [-0.2, 0) is 13.6 Å². The maximum absolute atomic E-state index is 12.1. The molecule has 5 heteroatoms. The Morgan fingerprint density at radius 2 is 1.95 bits per heavy atom. The molecule has 100 valence electrons. The summed E-state index contributed by atoms with van der Waals surface area (Å²) in [5.74, 6) is 0.235. The number of hydrogen-bond acceptors (Lipinski definition) is 2. The third-order valence-corrected chi connectivity index (χ3v) is 3.20. The minimum Gasteiger partial charge on any atom is -0.296 e. The Balaban J connectivity index is 2.67. The fraction of sp³-hybridized carbons (Fsp3) is 0.286. The van der Waals surface area contributed by atoms with Crippen LogP contribution in [0.2, 0.25) is 0 Å². The van der Waals surface area contributed by atoms with Gasteiger partial charge in [0.2, 0.25) is 0 Å².